The molecule has 0 unspecified atom stereocenters. The molecule has 1 aromatic carbocycles. The number of nitrogens with two attached hydrogens (primary N) is 1. The quantitative estimate of drug-likeness (QED) is 0.901. The number of carbonyl (C=O) groups excluding carboxylic acids is 1. The summed E-state index contributed by atoms with van der Waals surface area (Å²) in [5, 5.41) is 0. The van der Waals surface area contributed by atoms with E-state index in [1.165, 1.54) is 0 Å². The van der Waals surface area contributed by atoms with E-state index in [4.69, 9.17) is 15.2 Å². The first-order valence-electron chi connectivity index (χ1n) is 8.01. The molecule has 2 atom stereocenters. The summed E-state index contributed by atoms with van der Waals surface area (Å²) in [6.45, 7) is 4.96. The Hall–Kier alpha value is -1.75. The van der Waals surface area contributed by atoms with E-state index >= 15 is 0 Å². The van der Waals surface area contributed by atoms with Gasteiger partial charge in [0.05, 0.1) is 12.6 Å². The van der Waals surface area contributed by atoms with Crippen molar-refractivity contribution in [1.29, 1.82) is 0 Å². The Morgan fingerprint density at radius 3 is 2.64 bits per heavy atom. The maximum absolute atomic E-state index is 12.6. The lowest BCUT2D eigenvalue weighted by molar-refractivity contribution is -0.135. The van der Waals surface area contributed by atoms with Gasteiger partial charge in [0.15, 0.2) is 17.6 Å². The molecule has 0 bridgehead atoms. The summed E-state index contributed by atoms with van der Waals surface area (Å²) in [4.78, 5) is 14.5. The Labute approximate surface area is 131 Å². The van der Waals surface area contributed by atoms with Gasteiger partial charge in [-0.2, -0.15) is 0 Å². The summed E-state index contributed by atoms with van der Waals surface area (Å²) in [7, 11) is 0. The highest BCUT2D eigenvalue weighted by molar-refractivity contribution is 5.82. The molecule has 1 heterocycles. The summed E-state index contributed by atoms with van der Waals surface area (Å²) in [5.74, 6) is 1.68. The number of amides is 1. The van der Waals surface area contributed by atoms with Gasteiger partial charge >= 0.3 is 0 Å². The van der Waals surface area contributed by atoms with E-state index < -0.39 is 6.04 Å². The van der Waals surface area contributed by atoms with E-state index in [2.05, 4.69) is 0 Å². The third-order valence-corrected chi connectivity index (χ3v) is 4.24. The van der Waals surface area contributed by atoms with Crippen molar-refractivity contribution in [3.8, 4) is 11.5 Å². The van der Waals surface area contributed by atoms with Crippen molar-refractivity contribution in [2.75, 3.05) is 13.2 Å². The Balaban J connectivity index is 1.66. The van der Waals surface area contributed by atoms with Crippen LogP contribution in [0.2, 0.25) is 0 Å². The Bertz CT molecular complexity index is 542. The van der Waals surface area contributed by atoms with E-state index in [1.807, 2.05) is 43.0 Å². The first-order valence-corrected chi connectivity index (χ1v) is 8.01. The summed E-state index contributed by atoms with van der Waals surface area (Å²) < 4.78 is 11.7. The van der Waals surface area contributed by atoms with E-state index in [0.29, 0.717) is 19.2 Å². The smallest absolute Gasteiger partial charge is 0.240 e. The molecule has 1 aliphatic heterocycles. The summed E-state index contributed by atoms with van der Waals surface area (Å²) >= 11 is 0. The minimum atomic E-state index is -0.447. The van der Waals surface area contributed by atoms with Crippen LogP contribution in [-0.2, 0) is 4.79 Å². The molecule has 2 N–H and O–H groups in total. The van der Waals surface area contributed by atoms with Gasteiger partial charge in [0, 0.05) is 6.04 Å². The lowest BCUT2D eigenvalue weighted by Crippen LogP contribution is -2.51. The number of carbonyl (C=O) groups is 1. The molecule has 1 aromatic rings. The van der Waals surface area contributed by atoms with Gasteiger partial charge in [0.25, 0.3) is 0 Å². The van der Waals surface area contributed by atoms with E-state index in [0.717, 1.165) is 24.3 Å². The first kappa shape index (κ1) is 15.2. The van der Waals surface area contributed by atoms with Crippen LogP contribution in [0.5, 0.6) is 11.5 Å². The molecule has 1 fully saturated rings. The highest BCUT2D eigenvalue weighted by Gasteiger charge is 2.38. The molecular formula is C17H24N2O3. The van der Waals surface area contributed by atoms with Gasteiger partial charge in [0.1, 0.15) is 6.61 Å². The number of fused-ring (bicyclic) bond motifs is 1. The van der Waals surface area contributed by atoms with Crippen molar-refractivity contribution >= 4 is 5.91 Å². The first-order chi connectivity index (χ1) is 10.6. The van der Waals surface area contributed by atoms with Gasteiger partial charge in [-0.15, -0.1) is 0 Å². The number of benzene rings is 1. The van der Waals surface area contributed by atoms with Crippen molar-refractivity contribution in [3.63, 3.8) is 0 Å². The van der Waals surface area contributed by atoms with Crippen LogP contribution in [-0.4, -0.2) is 42.1 Å². The van der Waals surface area contributed by atoms with Crippen LogP contribution in [0.3, 0.4) is 0 Å². The van der Waals surface area contributed by atoms with Crippen LogP contribution in [0.4, 0.5) is 0 Å². The molecular weight excluding hydrogens is 280 g/mol. The maximum atomic E-state index is 12.6. The van der Waals surface area contributed by atoms with E-state index in [1.54, 1.807) is 0 Å². The molecule has 1 aliphatic carbocycles. The molecule has 0 saturated heterocycles. The lowest BCUT2D eigenvalue weighted by Gasteiger charge is -2.33. The van der Waals surface area contributed by atoms with Crippen molar-refractivity contribution in [3.05, 3.63) is 24.3 Å². The maximum Gasteiger partial charge on any atom is 0.240 e. The SMILES string of the molecule is CC(C)[C@H](N)C(=O)N(C[C@H]1COc2ccccc2O1)C1CC1. The molecule has 120 valence electrons. The van der Waals surface area contributed by atoms with Crippen LogP contribution >= 0.6 is 0 Å². The highest BCUT2D eigenvalue weighted by Crippen LogP contribution is 2.33. The fourth-order valence-corrected chi connectivity index (χ4v) is 2.65. The molecule has 2 aliphatic rings. The topological polar surface area (TPSA) is 64.8 Å². The van der Waals surface area contributed by atoms with Crippen LogP contribution in [0.1, 0.15) is 26.7 Å². The molecule has 1 saturated carbocycles. The molecule has 5 heteroatoms. The van der Waals surface area contributed by atoms with Crippen LogP contribution in [0, 0.1) is 5.92 Å². The summed E-state index contributed by atoms with van der Waals surface area (Å²) in [6.07, 6.45) is 1.97. The molecule has 0 radical (unpaired) electrons. The minimum Gasteiger partial charge on any atom is -0.486 e. The predicted octanol–water partition coefficient (Wildman–Crippen LogP) is 1.80. The van der Waals surface area contributed by atoms with Gasteiger partial charge in [-0.05, 0) is 30.9 Å². The van der Waals surface area contributed by atoms with E-state index in [9.17, 15) is 4.79 Å². The molecule has 5 nitrogen and oxygen atoms in total. The number of hydrogen-bond acceptors (Lipinski definition) is 4. The van der Waals surface area contributed by atoms with Crippen LogP contribution < -0.4 is 15.2 Å². The molecule has 22 heavy (non-hydrogen) atoms. The number of ether oxygens (including phenoxy) is 2. The molecule has 0 aromatic heterocycles. The second-order valence-electron chi connectivity index (χ2n) is 6.49. The van der Waals surface area contributed by atoms with Gasteiger partial charge < -0.3 is 20.1 Å². The lowest BCUT2D eigenvalue weighted by atomic mass is 10.0. The fourth-order valence-electron chi connectivity index (χ4n) is 2.65. The van der Waals surface area contributed by atoms with Crippen molar-refractivity contribution < 1.29 is 14.3 Å². The normalized spacial score (nSPS) is 21.5. The molecule has 0 spiro atoms. The van der Waals surface area contributed by atoms with E-state index in [-0.39, 0.29) is 17.9 Å². The zero-order valence-corrected chi connectivity index (χ0v) is 13.2. The average molecular weight is 304 g/mol. The third kappa shape index (κ3) is 3.19. The Morgan fingerprint density at radius 1 is 1.32 bits per heavy atom. The number of rotatable bonds is 5. The standard InChI is InChI=1S/C17H24N2O3/c1-11(2)16(18)17(20)19(12-7-8-12)9-13-10-21-14-5-3-4-6-15(14)22-13/h3-6,11-13,16H,7-10,18H2,1-2H3/t13-,16-/m0/s1. The fraction of sp³-hybridized carbons (Fsp3) is 0.588. The molecule has 1 amide bonds. The van der Waals surface area contributed by atoms with Crippen LogP contribution in [0.15, 0.2) is 24.3 Å². The van der Waals surface area contributed by atoms with Crippen LogP contribution in [0.25, 0.3) is 0 Å². The second-order valence-corrected chi connectivity index (χ2v) is 6.49. The largest absolute Gasteiger partial charge is 0.486 e. The van der Waals surface area contributed by atoms with Crippen molar-refractivity contribution in [1.82, 2.24) is 4.90 Å². The average Bonchev–Trinajstić information content (AvgIpc) is 3.35. The zero-order chi connectivity index (χ0) is 15.7. The summed E-state index contributed by atoms with van der Waals surface area (Å²) in [6, 6.07) is 7.50. The van der Waals surface area contributed by atoms with Crippen molar-refractivity contribution in [2.24, 2.45) is 11.7 Å². The number of hydrogen-bond donors (Lipinski definition) is 1. The minimum absolute atomic E-state index is 0.0277. The summed E-state index contributed by atoms with van der Waals surface area (Å²) in [5.41, 5.74) is 6.04. The third-order valence-electron chi connectivity index (χ3n) is 4.24. The van der Waals surface area contributed by atoms with Crippen molar-refractivity contribution in [2.45, 2.75) is 44.9 Å². The highest BCUT2D eigenvalue weighted by atomic mass is 16.6. The molecule has 3 rings (SSSR count). The monoisotopic (exact) mass is 304 g/mol. The predicted molar refractivity (Wildman–Crippen MR) is 83.9 cm³/mol. The number of para-hydroxylation sites is 2. The zero-order valence-electron chi connectivity index (χ0n) is 13.2. The van der Waals surface area contributed by atoms with Gasteiger partial charge in [0.2, 0.25) is 5.91 Å². The number of nitrogens with zero attached hydrogens (tertiary/aromatic N) is 1. The van der Waals surface area contributed by atoms with Gasteiger partial charge in [-0.25, -0.2) is 0 Å². The Kier molecular flexibility index (Phi) is 4.25. The Morgan fingerprint density at radius 2 is 2.00 bits per heavy atom. The van der Waals surface area contributed by atoms with Gasteiger partial charge in [-0.3, -0.25) is 4.79 Å². The van der Waals surface area contributed by atoms with Gasteiger partial charge in [-0.1, -0.05) is 26.0 Å². The second kappa shape index (κ2) is 6.16.